The monoisotopic (exact) mass is 552 g/mol. The van der Waals surface area contributed by atoms with Crippen LogP contribution in [0.3, 0.4) is 0 Å². The van der Waals surface area contributed by atoms with Gasteiger partial charge in [0.2, 0.25) is 0 Å². The Hall–Kier alpha value is -3.34. The number of aromatic amines is 2. The van der Waals surface area contributed by atoms with Crippen LogP contribution >= 0.6 is 15.9 Å². The van der Waals surface area contributed by atoms with Crippen molar-refractivity contribution in [1.29, 1.82) is 0 Å². The van der Waals surface area contributed by atoms with E-state index in [0.29, 0.717) is 22.8 Å². The van der Waals surface area contributed by atoms with Gasteiger partial charge < -0.3 is 35.3 Å². The van der Waals surface area contributed by atoms with Gasteiger partial charge in [-0.05, 0) is 64.3 Å². The highest BCUT2D eigenvalue weighted by atomic mass is 79.9. The van der Waals surface area contributed by atoms with Crippen LogP contribution in [-0.4, -0.2) is 59.9 Å². The first-order valence-corrected chi connectivity index (χ1v) is 12.7. The van der Waals surface area contributed by atoms with Gasteiger partial charge in [-0.2, -0.15) is 0 Å². The fraction of sp³-hybridized carbons (Fsp3) is 0.308. The Morgan fingerprint density at radius 1 is 1.22 bits per heavy atom. The predicted octanol–water partition coefficient (Wildman–Crippen LogP) is 3.55. The Bertz CT molecular complexity index is 1440. The van der Waals surface area contributed by atoms with Crippen molar-refractivity contribution in [3.8, 4) is 17.1 Å². The zero-order valence-corrected chi connectivity index (χ0v) is 21.8. The van der Waals surface area contributed by atoms with Crippen LogP contribution in [0.15, 0.2) is 51.9 Å². The molecule has 1 aliphatic heterocycles. The number of nitrogens with zero attached hydrogens (tertiary/aromatic N) is 2. The molecule has 1 saturated heterocycles. The molecule has 0 radical (unpaired) electrons. The lowest BCUT2D eigenvalue weighted by molar-refractivity contribution is 0.191. The first-order chi connectivity index (χ1) is 17.4. The van der Waals surface area contributed by atoms with E-state index in [4.69, 9.17) is 9.72 Å². The maximum Gasteiger partial charge on any atom is 0.261 e. The Morgan fingerprint density at radius 3 is 2.78 bits per heavy atom. The number of aliphatic hydroxyl groups is 1. The van der Waals surface area contributed by atoms with Crippen LogP contribution in [0.25, 0.3) is 22.4 Å². The van der Waals surface area contributed by atoms with Crippen molar-refractivity contribution in [3.63, 3.8) is 0 Å². The quantitative estimate of drug-likeness (QED) is 0.238. The van der Waals surface area contributed by atoms with Crippen molar-refractivity contribution >= 4 is 38.3 Å². The summed E-state index contributed by atoms with van der Waals surface area (Å²) in [7, 11) is 1.59. The zero-order valence-electron chi connectivity index (χ0n) is 20.2. The summed E-state index contributed by atoms with van der Waals surface area (Å²) >= 11 is 3.46. The summed E-state index contributed by atoms with van der Waals surface area (Å²) in [5.41, 5.74) is 5.36. The van der Waals surface area contributed by atoms with Gasteiger partial charge in [-0.1, -0.05) is 6.07 Å². The van der Waals surface area contributed by atoms with Crippen molar-refractivity contribution in [1.82, 2.24) is 20.3 Å². The van der Waals surface area contributed by atoms with E-state index in [-0.39, 0.29) is 12.1 Å². The van der Waals surface area contributed by atoms with E-state index < -0.39 is 6.10 Å². The van der Waals surface area contributed by atoms with Gasteiger partial charge in [0, 0.05) is 44.6 Å². The number of piperazine rings is 1. The number of H-pyrrole nitrogens is 2. The minimum absolute atomic E-state index is 0.210. The van der Waals surface area contributed by atoms with Gasteiger partial charge in [0.05, 0.1) is 34.4 Å². The summed E-state index contributed by atoms with van der Waals surface area (Å²) < 4.78 is 6.02. The molecule has 5 N–H and O–H groups in total. The smallest absolute Gasteiger partial charge is 0.261 e. The number of benzene rings is 2. The molecule has 0 saturated carbocycles. The molecule has 36 heavy (non-hydrogen) atoms. The van der Waals surface area contributed by atoms with Crippen molar-refractivity contribution < 1.29 is 9.84 Å². The molecule has 0 amide bonds. The van der Waals surface area contributed by atoms with E-state index in [1.54, 1.807) is 25.4 Å². The van der Waals surface area contributed by atoms with Crippen LogP contribution in [0.2, 0.25) is 0 Å². The van der Waals surface area contributed by atoms with Crippen LogP contribution in [-0.2, 0) is 0 Å². The first-order valence-electron chi connectivity index (χ1n) is 11.9. The van der Waals surface area contributed by atoms with Gasteiger partial charge >= 0.3 is 0 Å². The number of hydrogen-bond acceptors (Lipinski definition) is 7. The number of aryl methyl sites for hydroxylation is 1. The molecule has 188 valence electrons. The average molecular weight is 553 g/mol. The number of rotatable bonds is 7. The number of fused-ring (bicyclic) bond motifs is 1. The Labute approximate surface area is 217 Å². The molecule has 1 aliphatic rings. The molecule has 2 aromatic heterocycles. The van der Waals surface area contributed by atoms with Gasteiger partial charge in [0.1, 0.15) is 17.1 Å². The number of aromatic nitrogens is 3. The van der Waals surface area contributed by atoms with E-state index in [2.05, 4.69) is 53.6 Å². The normalized spacial score (nSPS) is 14.7. The molecule has 0 bridgehead atoms. The van der Waals surface area contributed by atoms with Crippen LogP contribution < -0.4 is 25.8 Å². The van der Waals surface area contributed by atoms with Crippen LogP contribution in [0.5, 0.6) is 5.75 Å². The maximum absolute atomic E-state index is 12.9. The van der Waals surface area contributed by atoms with Gasteiger partial charge in [0.15, 0.2) is 0 Å². The van der Waals surface area contributed by atoms with Gasteiger partial charge in [0.25, 0.3) is 5.56 Å². The number of pyridine rings is 1. The second-order valence-electron chi connectivity index (χ2n) is 8.87. The van der Waals surface area contributed by atoms with Gasteiger partial charge in [-0.15, -0.1) is 0 Å². The van der Waals surface area contributed by atoms with Crippen LogP contribution in [0.4, 0.5) is 11.4 Å². The third-order valence-electron chi connectivity index (χ3n) is 6.49. The summed E-state index contributed by atoms with van der Waals surface area (Å²) in [6, 6.07) is 11.5. The molecule has 1 atom stereocenters. The number of ether oxygens (including phenoxy) is 1. The van der Waals surface area contributed by atoms with Gasteiger partial charge in [-0.3, -0.25) is 4.79 Å². The fourth-order valence-corrected chi connectivity index (χ4v) is 5.13. The molecule has 4 aromatic rings. The highest BCUT2D eigenvalue weighted by Crippen LogP contribution is 2.31. The maximum atomic E-state index is 12.9. The highest BCUT2D eigenvalue weighted by Gasteiger charge is 2.19. The number of hydrogen-bond donors (Lipinski definition) is 5. The second kappa shape index (κ2) is 10.3. The topological polar surface area (TPSA) is 118 Å². The number of imidazole rings is 1. The fourth-order valence-electron chi connectivity index (χ4n) is 4.57. The molecule has 0 spiro atoms. The standard InChI is InChI=1S/C26H29BrN6O3/c1-15-11-17(33-9-7-28-8-10-33)13-20-24(15)32-25(31-20)23-19(5-6-29-26(23)35)30-14-21(34)16-3-4-22(36-2)18(27)12-16/h3-6,11-13,21,28,34H,7-10,14H2,1-2H3,(H,31,32)(H2,29,30,35). The summed E-state index contributed by atoms with van der Waals surface area (Å²) in [5, 5.41) is 17.4. The van der Waals surface area contributed by atoms with Crippen LogP contribution in [0, 0.1) is 6.92 Å². The third kappa shape index (κ3) is 4.84. The molecule has 1 fully saturated rings. The van der Waals surface area contributed by atoms with E-state index in [9.17, 15) is 9.90 Å². The number of nitrogens with one attached hydrogen (secondary N) is 4. The lowest BCUT2D eigenvalue weighted by Gasteiger charge is -2.29. The highest BCUT2D eigenvalue weighted by molar-refractivity contribution is 9.10. The molecule has 5 rings (SSSR count). The molecule has 1 unspecified atom stereocenters. The summed E-state index contributed by atoms with van der Waals surface area (Å²) in [4.78, 5) is 26.1. The summed E-state index contributed by atoms with van der Waals surface area (Å²) in [6.45, 7) is 6.06. The van der Waals surface area contributed by atoms with E-state index in [1.807, 2.05) is 19.1 Å². The molecule has 3 heterocycles. The average Bonchev–Trinajstić information content (AvgIpc) is 3.32. The first kappa shape index (κ1) is 24.4. The van der Waals surface area contributed by atoms with Crippen molar-refractivity contribution in [2.45, 2.75) is 13.0 Å². The Balaban J connectivity index is 1.43. The SMILES string of the molecule is COc1ccc(C(O)CNc2cc[nH]c(=O)c2-c2nc3c(C)cc(N4CCNCC4)cc3[nH]2)cc1Br. The minimum atomic E-state index is -0.793. The van der Waals surface area contributed by atoms with Gasteiger partial charge in [-0.25, -0.2) is 4.98 Å². The molecule has 9 nitrogen and oxygen atoms in total. The number of methoxy groups -OCH3 is 1. The van der Waals surface area contributed by atoms with Crippen molar-refractivity contribution in [2.24, 2.45) is 0 Å². The molecular formula is C26H29BrN6O3. The van der Waals surface area contributed by atoms with Crippen molar-refractivity contribution in [3.05, 3.63) is 68.5 Å². The number of anilines is 2. The number of aliphatic hydroxyl groups excluding tert-OH is 1. The molecule has 10 heteroatoms. The molecule has 0 aliphatic carbocycles. The van der Waals surface area contributed by atoms with E-state index in [1.165, 1.54) is 0 Å². The number of halogens is 1. The Morgan fingerprint density at radius 2 is 2.03 bits per heavy atom. The Kier molecular flexibility index (Phi) is 6.99. The largest absolute Gasteiger partial charge is 0.496 e. The second-order valence-corrected chi connectivity index (χ2v) is 9.72. The lowest BCUT2D eigenvalue weighted by atomic mass is 10.1. The lowest BCUT2D eigenvalue weighted by Crippen LogP contribution is -2.43. The molecular weight excluding hydrogens is 524 g/mol. The third-order valence-corrected chi connectivity index (χ3v) is 7.11. The van der Waals surface area contributed by atoms with Crippen LogP contribution in [0.1, 0.15) is 17.2 Å². The van der Waals surface area contributed by atoms with E-state index >= 15 is 0 Å². The summed E-state index contributed by atoms with van der Waals surface area (Å²) in [6.07, 6.45) is 0.792. The predicted molar refractivity (Wildman–Crippen MR) is 146 cm³/mol. The minimum Gasteiger partial charge on any atom is -0.496 e. The summed E-state index contributed by atoms with van der Waals surface area (Å²) in [5.74, 6) is 1.17. The van der Waals surface area contributed by atoms with E-state index in [0.717, 1.165) is 58.5 Å². The van der Waals surface area contributed by atoms with Crippen molar-refractivity contribution in [2.75, 3.05) is 50.1 Å². The zero-order chi connectivity index (χ0) is 25.2. The molecule has 2 aromatic carbocycles.